The van der Waals surface area contributed by atoms with Gasteiger partial charge in [0.1, 0.15) is 0 Å². The molecule has 0 spiro atoms. The lowest BCUT2D eigenvalue weighted by Crippen LogP contribution is -2.37. The SMILES string of the molecule is C=CCC[C@H](O)CN(C)[C@@H]1CCSC1. The molecule has 1 N–H and O–H groups in total. The normalized spacial score (nSPS) is 24.1. The van der Waals surface area contributed by atoms with Crippen molar-refractivity contribution in [1.82, 2.24) is 4.90 Å². The number of hydrogen-bond donors (Lipinski definition) is 1. The quantitative estimate of drug-likeness (QED) is 0.683. The molecule has 0 bridgehead atoms. The second kappa shape index (κ2) is 6.49. The number of likely N-dealkylation sites (N-methyl/N-ethyl adjacent to an activating group) is 1. The van der Waals surface area contributed by atoms with Gasteiger partial charge in [-0.2, -0.15) is 11.8 Å². The lowest BCUT2D eigenvalue weighted by Gasteiger charge is -2.25. The summed E-state index contributed by atoms with van der Waals surface area (Å²) in [5, 5.41) is 9.71. The first-order chi connectivity index (χ1) is 6.74. The Morgan fingerprint density at radius 2 is 2.50 bits per heavy atom. The van der Waals surface area contributed by atoms with Gasteiger partial charge in [0, 0.05) is 18.3 Å². The molecule has 14 heavy (non-hydrogen) atoms. The predicted molar refractivity (Wildman–Crippen MR) is 63.8 cm³/mol. The van der Waals surface area contributed by atoms with Crippen molar-refractivity contribution in [2.75, 3.05) is 25.1 Å². The summed E-state index contributed by atoms with van der Waals surface area (Å²) in [5.41, 5.74) is 0. The van der Waals surface area contributed by atoms with Crippen molar-refractivity contribution < 1.29 is 5.11 Å². The number of nitrogens with zero attached hydrogens (tertiary/aromatic N) is 1. The lowest BCUT2D eigenvalue weighted by molar-refractivity contribution is 0.103. The van der Waals surface area contributed by atoms with Gasteiger partial charge < -0.3 is 10.0 Å². The zero-order valence-electron chi connectivity index (χ0n) is 8.98. The summed E-state index contributed by atoms with van der Waals surface area (Å²) >= 11 is 2.02. The van der Waals surface area contributed by atoms with E-state index in [-0.39, 0.29) is 6.10 Å². The van der Waals surface area contributed by atoms with Gasteiger partial charge >= 0.3 is 0 Å². The Balaban J connectivity index is 2.17. The summed E-state index contributed by atoms with van der Waals surface area (Å²) < 4.78 is 0. The molecule has 82 valence electrons. The second-order valence-electron chi connectivity index (χ2n) is 3.98. The molecule has 1 fully saturated rings. The fourth-order valence-electron chi connectivity index (χ4n) is 1.75. The molecule has 0 amide bonds. The van der Waals surface area contributed by atoms with Crippen LogP contribution in [0, 0.1) is 0 Å². The molecular weight excluding hydrogens is 194 g/mol. The Morgan fingerprint density at radius 3 is 3.07 bits per heavy atom. The lowest BCUT2D eigenvalue weighted by atomic mass is 10.1. The molecule has 0 unspecified atom stereocenters. The van der Waals surface area contributed by atoms with Crippen LogP contribution in [-0.4, -0.2) is 47.3 Å². The van der Waals surface area contributed by atoms with Crippen LogP contribution < -0.4 is 0 Å². The van der Waals surface area contributed by atoms with Gasteiger partial charge in [0.15, 0.2) is 0 Å². The minimum absolute atomic E-state index is 0.191. The van der Waals surface area contributed by atoms with E-state index in [1.165, 1.54) is 17.9 Å². The highest BCUT2D eigenvalue weighted by atomic mass is 32.2. The largest absolute Gasteiger partial charge is 0.392 e. The summed E-state index contributed by atoms with van der Waals surface area (Å²) in [5.74, 6) is 2.50. The molecule has 1 aliphatic heterocycles. The Morgan fingerprint density at radius 1 is 1.71 bits per heavy atom. The van der Waals surface area contributed by atoms with Gasteiger partial charge in [0.2, 0.25) is 0 Å². The highest BCUT2D eigenvalue weighted by molar-refractivity contribution is 7.99. The van der Waals surface area contributed by atoms with E-state index in [1.54, 1.807) is 0 Å². The Bertz CT molecular complexity index is 169. The summed E-state index contributed by atoms with van der Waals surface area (Å²) in [6.07, 6.45) is 4.70. The van der Waals surface area contributed by atoms with E-state index in [0.29, 0.717) is 6.04 Å². The summed E-state index contributed by atoms with van der Waals surface area (Å²) in [6.45, 7) is 4.47. The van der Waals surface area contributed by atoms with Gasteiger partial charge in [-0.05, 0) is 32.1 Å². The third-order valence-corrected chi connectivity index (χ3v) is 3.88. The van der Waals surface area contributed by atoms with Gasteiger partial charge in [-0.3, -0.25) is 0 Å². The van der Waals surface area contributed by atoms with Gasteiger partial charge in [-0.15, -0.1) is 6.58 Å². The highest BCUT2D eigenvalue weighted by Crippen LogP contribution is 2.21. The van der Waals surface area contributed by atoms with Crippen molar-refractivity contribution in [3.05, 3.63) is 12.7 Å². The molecule has 0 radical (unpaired) electrons. The third-order valence-electron chi connectivity index (χ3n) is 2.73. The van der Waals surface area contributed by atoms with E-state index in [0.717, 1.165) is 19.4 Å². The molecule has 0 aromatic carbocycles. The number of aliphatic hydroxyl groups excluding tert-OH is 1. The van der Waals surface area contributed by atoms with E-state index < -0.39 is 0 Å². The number of rotatable bonds is 6. The van der Waals surface area contributed by atoms with Gasteiger partial charge in [0.05, 0.1) is 6.10 Å². The van der Waals surface area contributed by atoms with E-state index >= 15 is 0 Å². The first-order valence-corrected chi connectivity index (χ1v) is 6.46. The molecule has 3 heteroatoms. The third kappa shape index (κ3) is 4.03. The molecule has 1 saturated heterocycles. The Labute approximate surface area is 91.4 Å². The van der Waals surface area contributed by atoms with Crippen LogP contribution in [-0.2, 0) is 0 Å². The molecule has 1 rings (SSSR count). The smallest absolute Gasteiger partial charge is 0.0670 e. The monoisotopic (exact) mass is 215 g/mol. The number of aliphatic hydroxyl groups is 1. The molecule has 0 saturated carbocycles. The summed E-state index contributed by atoms with van der Waals surface area (Å²) in [4.78, 5) is 2.30. The van der Waals surface area contributed by atoms with Crippen LogP contribution in [0.15, 0.2) is 12.7 Å². The summed E-state index contributed by atoms with van der Waals surface area (Å²) in [7, 11) is 2.12. The van der Waals surface area contributed by atoms with E-state index in [1.807, 2.05) is 17.8 Å². The maximum atomic E-state index is 9.71. The van der Waals surface area contributed by atoms with Gasteiger partial charge in [-0.1, -0.05) is 6.08 Å². The highest BCUT2D eigenvalue weighted by Gasteiger charge is 2.21. The minimum Gasteiger partial charge on any atom is -0.392 e. The zero-order chi connectivity index (χ0) is 10.4. The molecule has 2 nitrogen and oxygen atoms in total. The van der Waals surface area contributed by atoms with Gasteiger partial charge in [-0.25, -0.2) is 0 Å². The van der Waals surface area contributed by atoms with Crippen LogP contribution in [0.4, 0.5) is 0 Å². The molecule has 0 aliphatic carbocycles. The minimum atomic E-state index is -0.191. The average molecular weight is 215 g/mol. The van der Waals surface area contributed by atoms with Crippen LogP contribution in [0.25, 0.3) is 0 Å². The van der Waals surface area contributed by atoms with Crippen LogP contribution in [0.3, 0.4) is 0 Å². The summed E-state index contributed by atoms with van der Waals surface area (Å²) in [6, 6.07) is 0.679. The van der Waals surface area contributed by atoms with Gasteiger partial charge in [0.25, 0.3) is 0 Å². The van der Waals surface area contributed by atoms with Crippen molar-refractivity contribution in [3.63, 3.8) is 0 Å². The first kappa shape index (κ1) is 12.1. The molecular formula is C11H21NOS. The fourth-order valence-corrected chi connectivity index (χ4v) is 3.05. The van der Waals surface area contributed by atoms with E-state index in [4.69, 9.17) is 0 Å². The first-order valence-electron chi connectivity index (χ1n) is 5.31. The maximum Gasteiger partial charge on any atom is 0.0670 e. The van der Waals surface area contributed by atoms with Crippen LogP contribution in [0.5, 0.6) is 0 Å². The van der Waals surface area contributed by atoms with Crippen LogP contribution in [0.2, 0.25) is 0 Å². The van der Waals surface area contributed by atoms with Crippen molar-refractivity contribution in [2.45, 2.75) is 31.4 Å². The average Bonchev–Trinajstić information content (AvgIpc) is 2.67. The van der Waals surface area contributed by atoms with Crippen LogP contribution in [0.1, 0.15) is 19.3 Å². The second-order valence-corrected chi connectivity index (χ2v) is 5.13. The molecule has 0 aromatic rings. The Kier molecular flexibility index (Phi) is 5.60. The molecule has 2 atom stereocenters. The van der Waals surface area contributed by atoms with E-state index in [9.17, 15) is 5.11 Å². The van der Waals surface area contributed by atoms with Crippen molar-refractivity contribution in [3.8, 4) is 0 Å². The number of allylic oxidation sites excluding steroid dienone is 1. The number of thioether (sulfide) groups is 1. The number of hydrogen-bond acceptors (Lipinski definition) is 3. The zero-order valence-corrected chi connectivity index (χ0v) is 9.80. The topological polar surface area (TPSA) is 23.5 Å². The Hall–Kier alpha value is 0.0100. The fraction of sp³-hybridized carbons (Fsp3) is 0.818. The van der Waals surface area contributed by atoms with Crippen molar-refractivity contribution >= 4 is 11.8 Å². The molecule has 1 aliphatic rings. The standard InChI is InChI=1S/C11H21NOS/c1-3-4-5-11(13)8-12(2)10-6-7-14-9-10/h3,10-11,13H,1,4-9H2,2H3/t10-,11+/m1/s1. The van der Waals surface area contributed by atoms with Crippen molar-refractivity contribution in [2.24, 2.45) is 0 Å². The maximum absolute atomic E-state index is 9.71. The van der Waals surface area contributed by atoms with Crippen molar-refractivity contribution in [1.29, 1.82) is 0 Å². The predicted octanol–water partition coefficient (Wildman–Crippen LogP) is 1.75. The van der Waals surface area contributed by atoms with Crippen LogP contribution >= 0.6 is 11.8 Å². The molecule has 1 heterocycles. The van der Waals surface area contributed by atoms with E-state index in [2.05, 4.69) is 18.5 Å². The molecule has 0 aromatic heterocycles.